The molecule has 3 aromatic rings. The predicted molar refractivity (Wildman–Crippen MR) is 112 cm³/mol. The lowest BCUT2D eigenvalue weighted by atomic mass is 10.1. The molecule has 0 saturated carbocycles. The van der Waals surface area contributed by atoms with Gasteiger partial charge in [-0.1, -0.05) is 17.4 Å². The highest BCUT2D eigenvalue weighted by Gasteiger charge is 2.11. The fraction of sp³-hybridized carbons (Fsp3) is 0.333. The number of amides is 1. The molecule has 0 N–H and O–H groups in total. The number of hydrogen-bond acceptors (Lipinski definition) is 4. The van der Waals surface area contributed by atoms with Crippen LogP contribution < -0.4 is 9.70 Å². The van der Waals surface area contributed by atoms with Crippen LogP contribution in [-0.4, -0.2) is 38.3 Å². The van der Waals surface area contributed by atoms with Crippen LogP contribution in [0.2, 0.25) is 0 Å². The van der Waals surface area contributed by atoms with E-state index in [2.05, 4.69) is 35.5 Å². The Bertz CT molecular complexity index is 1030. The number of rotatable bonds is 5. The average Bonchev–Trinajstić information content (AvgIpc) is 2.97. The van der Waals surface area contributed by atoms with Crippen LogP contribution >= 0.6 is 11.3 Å². The highest BCUT2D eigenvalue weighted by atomic mass is 32.1. The SMILES string of the molecule is COCCn1c(=NC(=O)c2ccc(N(C)C)cc2)sc2c(C)cc(C)cc21. The zero-order valence-corrected chi connectivity index (χ0v) is 17.3. The summed E-state index contributed by atoms with van der Waals surface area (Å²) in [7, 11) is 5.63. The fourth-order valence-corrected chi connectivity index (χ4v) is 4.15. The first-order valence-corrected chi connectivity index (χ1v) is 9.68. The minimum absolute atomic E-state index is 0.229. The summed E-state index contributed by atoms with van der Waals surface area (Å²) < 4.78 is 8.49. The van der Waals surface area contributed by atoms with Gasteiger partial charge in [0.05, 0.1) is 16.8 Å². The van der Waals surface area contributed by atoms with Crippen LogP contribution in [0.1, 0.15) is 21.5 Å². The number of aryl methyl sites for hydroxylation is 2. The van der Waals surface area contributed by atoms with Gasteiger partial charge in [-0.3, -0.25) is 4.79 Å². The monoisotopic (exact) mass is 383 g/mol. The number of fused-ring (bicyclic) bond motifs is 1. The summed E-state index contributed by atoms with van der Waals surface area (Å²) in [5.41, 5.74) is 5.13. The Balaban J connectivity index is 2.08. The summed E-state index contributed by atoms with van der Waals surface area (Å²) in [6.45, 7) is 5.40. The molecular weight excluding hydrogens is 358 g/mol. The number of carbonyl (C=O) groups is 1. The summed E-state index contributed by atoms with van der Waals surface area (Å²) in [5.74, 6) is -0.229. The fourth-order valence-electron chi connectivity index (χ4n) is 3.05. The molecule has 0 bridgehead atoms. The predicted octanol–water partition coefficient (Wildman–Crippen LogP) is 3.77. The van der Waals surface area contributed by atoms with E-state index in [9.17, 15) is 4.79 Å². The van der Waals surface area contributed by atoms with Gasteiger partial charge in [0.15, 0.2) is 4.80 Å². The quantitative estimate of drug-likeness (QED) is 0.674. The molecule has 1 heterocycles. The number of aromatic nitrogens is 1. The van der Waals surface area contributed by atoms with Crippen molar-refractivity contribution in [2.75, 3.05) is 32.7 Å². The maximum Gasteiger partial charge on any atom is 0.279 e. The van der Waals surface area contributed by atoms with Crippen molar-refractivity contribution in [2.24, 2.45) is 4.99 Å². The first-order valence-electron chi connectivity index (χ1n) is 8.86. The minimum atomic E-state index is -0.229. The van der Waals surface area contributed by atoms with E-state index >= 15 is 0 Å². The molecule has 1 aromatic heterocycles. The Morgan fingerprint density at radius 2 is 1.89 bits per heavy atom. The van der Waals surface area contributed by atoms with Gasteiger partial charge in [-0.15, -0.1) is 0 Å². The van der Waals surface area contributed by atoms with Crippen LogP contribution in [0.5, 0.6) is 0 Å². The molecule has 0 unspecified atom stereocenters. The van der Waals surface area contributed by atoms with E-state index < -0.39 is 0 Å². The Kier molecular flexibility index (Phi) is 5.77. The second-order valence-corrected chi connectivity index (χ2v) is 7.79. The molecule has 0 atom stereocenters. The van der Waals surface area contributed by atoms with E-state index in [0.717, 1.165) is 15.9 Å². The third-order valence-electron chi connectivity index (χ3n) is 4.46. The largest absolute Gasteiger partial charge is 0.383 e. The van der Waals surface area contributed by atoms with Crippen molar-refractivity contribution in [2.45, 2.75) is 20.4 Å². The lowest BCUT2D eigenvalue weighted by Crippen LogP contribution is -2.19. The van der Waals surface area contributed by atoms with Crippen molar-refractivity contribution in [1.82, 2.24) is 4.57 Å². The number of methoxy groups -OCH3 is 1. The molecule has 27 heavy (non-hydrogen) atoms. The molecule has 0 aliphatic rings. The molecule has 0 spiro atoms. The Morgan fingerprint density at radius 1 is 1.19 bits per heavy atom. The molecule has 0 aliphatic heterocycles. The summed E-state index contributed by atoms with van der Waals surface area (Å²) >= 11 is 1.55. The third-order valence-corrected chi connectivity index (χ3v) is 5.69. The van der Waals surface area contributed by atoms with Crippen LogP contribution in [-0.2, 0) is 11.3 Å². The van der Waals surface area contributed by atoms with Gasteiger partial charge in [0.25, 0.3) is 5.91 Å². The Labute approximate surface area is 163 Å². The van der Waals surface area contributed by atoms with Crippen LogP contribution in [0.25, 0.3) is 10.2 Å². The molecule has 0 saturated heterocycles. The number of benzene rings is 2. The highest BCUT2D eigenvalue weighted by Crippen LogP contribution is 2.23. The summed E-state index contributed by atoms with van der Waals surface area (Å²) in [6.07, 6.45) is 0. The van der Waals surface area contributed by atoms with Gasteiger partial charge in [0, 0.05) is 39.0 Å². The molecule has 6 heteroatoms. The summed E-state index contributed by atoms with van der Waals surface area (Å²) in [6, 6.07) is 11.8. The third kappa shape index (κ3) is 4.12. The number of thiazole rings is 1. The van der Waals surface area contributed by atoms with Crippen molar-refractivity contribution < 1.29 is 9.53 Å². The van der Waals surface area contributed by atoms with E-state index in [1.54, 1.807) is 18.4 Å². The maximum atomic E-state index is 12.7. The normalized spacial score (nSPS) is 12.0. The Hall–Kier alpha value is -2.44. The van der Waals surface area contributed by atoms with Crippen LogP contribution in [0.3, 0.4) is 0 Å². The standard InChI is InChI=1S/C21H25N3O2S/c1-14-12-15(2)19-18(13-14)24(10-11-26-5)21(27-19)22-20(25)16-6-8-17(9-7-16)23(3)4/h6-9,12-13H,10-11H2,1-5H3. The first kappa shape index (κ1) is 19.3. The van der Waals surface area contributed by atoms with Crippen molar-refractivity contribution in [1.29, 1.82) is 0 Å². The lowest BCUT2D eigenvalue weighted by Gasteiger charge is -2.11. The number of hydrogen-bond donors (Lipinski definition) is 0. The zero-order valence-electron chi connectivity index (χ0n) is 16.4. The van der Waals surface area contributed by atoms with Crippen molar-refractivity contribution in [3.05, 3.63) is 57.9 Å². The van der Waals surface area contributed by atoms with E-state index in [1.165, 1.54) is 11.1 Å². The van der Waals surface area contributed by atoms with Gasteiger partial charge in [0.1, 0.15) is 0 Å². The second kappa shape index (κ2) is 8.06. The van der Waals surface area contributed by atoms with Crippen LogP contribution in [0.15, 0.2) is 41.4 Å². The van der Waals surface area contributed by atoms with E-state index in [-0.39, 0.29) is 5.91 Å². The van der Waals surface area contributed by atoms with Gasteiger partial charge in [0.2, 0.25) is 0 Å². The van der Waals surface area contributed by atoms with Crippen LogP contribution in [0, 0.1) is 13.8 Å². The van der Waals surface area contributed by atoms with E-state index in [1.807, 2.05) is 43.3 Å². The lowest BCUT2D eigenvalue weighted by molar-refractivity contribution is 0.0997. The number of nitrogens with zero attached hydrogens (tertiary/aromatic N) is 3. The molecule has 2 aromatic carbocycles. The van der Waals surface area contributed by atoms with E-state index in [0.29, 0.717) is 23.5 Å². The van der Waals surface area contributed by atoms with Gasteiger partial charge in [-0.2, -0.15) is 4.99 Å². The second-order valence-electron chi connectivity index (χ2n) is 6.82. The van der Waals surface area contributed by atoms with Crippen molar-refractivity contribution in [3.63, 3.8) is 0 Å². The van der Waals surface area contributed by atoms with Gasteiger partial charge in [-0.25, -0.2) is 0 Å². The number of carbonyl (C=O) groups excluding carboxylic acids is 1. The van der Waals surface area contributed by atoms with Gasteiger partial charge < -0.3 is 14.2 Å². The number of ether oxygens (including phenoxy) is 1. The molecule has 0 radical (unpaired) electrons. The van der Waals surface area contributed by atoms with Crippen LogP contribution in [0.4, 0.5) is 5.69 Å². The molecule has 0 fully saturated rings. The Morgan fingerprint density at radius 3 is 2.52 bits per heavy atom. The molecular formula is C21H25N3O2S. The molecule has 3 rings (SSSR count). The van der Waals surface area contributed by atoms with Crippen molar-refractivity contribution >= 4 is 33.1 Å². The van der Waals surface area contributed by atoms with Gasteiger partial charge >= 0.3 is 0 Å². The zero-order chi connectivity index (χ0) is 19.6. The smallest absolute Gasteiger partial charge is 0.279 e. The maximum absolute atomic E-state index is 12.7. The summed E-state index contributed by atoms with van der Waals surface area (Å²) in [5, 5.41) is 0. The topological polar surface area (TPSA) is 46.8 Å². The van der Waals surface area contributed by atoms with E-state index in [4.69, 9.17) is 4.74 Å². The number of anilines is 1. The molecule has 0 aliphatic carbocycles. The highest BCUT2D eigenvalue weighted by molar-refractivity contribution is 7.16. The summed E-state index contributed by atoms with van der Waals surface area (Å²) in [4.78, 5) is 19.9. The average molecular weight is 384 g/mol. The molecule has 5 nitrogen and oxygen atoms in total. The molecule has 142 valence electrons. The first-order chi connectivity index (χ1) is 12.9. The molecule has 1 amide bonds. The van der Waals surface area contributed by atoms with Gasteiger partial charge in [-0.05, 0) is 55.3 Å². The van der Waals surface area contributed by atoms with Crippen molar-refractivity contribution in [3.8, 4) is 0 Å². The minimum Gasteiger partial charge on any atom is -0.383 e.